The van der Waals surface area contributed by atoms with E-state index in [9.17, 15) is 4.39 Å². The Balaban J connectivity index is 2.51. The third-order valence-electron chi connectivity index (χ3n) is 2.95. The molecule has 1 atom stereocenters. The Hall–Kier alpha value is -1.52. The quantitative estimate of drug-likeness (QED) is 0.846. The van der Waals surface area contributed by atoms with Crippen LogP contribution >= 0.6 is 0 Å². The molecule has 0 radical (unpaired) electrons. The van der Waals surface area contributed by atoms with Gasteiger partial charge in [-0.1, -0.05) is 6.07 Å². The van der Waals surface area contributed by atoms with Crippen molar-refractivity contribution in [3.05, 3.63) is 41.3 Å². The summed E-state index contributed by atoms with van der Waals surface area (Å²) in [5.41, 5.74) is 7.72. The van der Waals surface area contributed by atoms with Gasteiger partial charge in [0.25, 0.3) is 0 Å². The summed E-state index contributed by atoms with van der Waals surface area (Å²) < 4.78 is 19.3. The second-order valence-electron chi connectivity index (χ2n) is 4.20. The van der Waals surface area contributed by atoms with E-state index in [1.807, 2.05) is 26.0 Å². The van der Waals surface area contributed by atoms with E-state index in [4.69, 9.17) is 10.5 Å². The van der Waals surface area contributed by atoms with Gasteiger partial charge < -0.3 is 10.5 Å². The van der Waals surface area contributed by atoms with Gasteiger partial charge in [0.05, 0.1) is 11.6 Å². The minimum Gasteiger partial charge on any atom is -0.374 e. The fourth-order valence-corrected chi connectivity index (χ4v) is 1.97. The van der Waals surface area contributed by atoms with E-state index in [1.165, 1.54) is 0 Å². The van der Waals surface area contributed by atoms with Crippen LogP contribution in [0.1, 0.15) is 31.1 Å². The van der Waals surface area contributed by atoms with Crippen molar-refractivity contribution in [2.45, 2.75) is 26.5 Å². The Morgan fingerprint density at radius 3 is 2.83 bits per heavy atom. The van der Waals surface area contributed by atoms with Crippen LogP contribution in [0.3, 0.4) is 0 Å². The van der Waals surface area contributed by atoms with Crippen molar-refractivity contribution in [1.82, 2.24) is 4.98 Å². The Labute approximate surface area is 106 Å². The van der Waals surface area contributed by atoms with E-state index in [-0.39, 0.29) is 6.10 Å². The molecule has 0 amide bonds. The molecule has 0 aliphatic carbocycles. The zero-order valence-corrected chi connectivity index (χ0v) is 10.6. The second kappa shape index (κ2) is 5.42. The highest BCUT2D eigenvalue weighted by Gasteiger charge is 2.13. The molecule has 2 aromatic rings. The van der Waals surface area contributed by atoms with Gasteiger partial charge in [0.2, 0.25) is 5.95 Å². The monoisotopic (exact) mass is 248 g/mol. The van der Waals surface area contributed by atoms with Gasteiger partial charge in [-0.15, -0.1) is 0 Å². The number of hydrogen-bond acceptors (Lipinski definition) is 3. The minimum atomic E-state index is -0.469. The van der Waals surface area contributed by atoms with Gasteiger partial charge in [0, 0.05) is 24.1 Å². The van der Waals surface area contributed by atoms with Gasteiger partial charge in [-0.3, -0.25) is 0 Å². The van der Waals surface area contributed by atoms with Crippen molar-refractivity contribution in [3.63, 3.8) is 0 Å². The van der Waals surface area contributed by atoms with Gasteiger partial charge in [0.1, 0.15) is 0 Å². The molecule has 0 aliphatic rings. The maximum absolute atomic E-state index is 13.9. The predicted octanol–water partition coefficient (Wildman–Crippen LogP) is 2.93. The van der Waals surface area contributed by atoms with Crippen LogP contribution in [0.4, 0.5) is 4.39 Å². The van der Waals surface area contributed by atoms with Crippen molar-refractivity contribution < 1.29 is 9.13 Å². The smallest absolute Gasteiger partial charge is 0.219 e. The first-order chi connectivity index (χ1) is 8.65. The molecular weight excluding hydrogens is 231 g/mol. The summed E-state index contributed by atoms with van der Waals surface area (Å²) >= 11 is 0. The van der Waals surface area contributed by atoms with Crippen LogP contribution in [0.5, 0.6) is 0 Å². The summed E-state index contributed by atoms with van der Waals surface area (Å²) in [4.78, 5) is 3.97. The van der Waals surface area contributed by atoms with Gasteiger partial charge in [-0.2, -0.15) is 4.39 Å². The first kappa shape index (κ1) is 12.9. The fourth-order valence-electron chi connectivity index (χ4n) is 1.97. The molecule has 0 saturated heterocycles. The molecule has 96 valence electrons. The van der Waals surface area contributed by atoms with Gasteiger partial charge in [0.15, 0.2) is 0 Å². The van der Waals surface area contributed by atoms with E-state index in [2.05, 4.69) is 4.98 Å². The van der Waals surface area contributed by atoms with Crippen molar-refractivity contribution >= 4 is 10.9 Å². The summed E-state index contributed by atoms with van der Waals surface area (Å²) in [7, 11) is 0. The van der Waals surface area contributed by atoms with E-state index < -0.39 is 5.95 Å². The highest BCUT2D eigenvalue weighted by atomic mass is 19.1. The number of benzene rings is 1. The number of pyridine rings is 1. The molecule has 0 saturated carbocycles. The van der Waals surface area contributed by atoms with Crippen LogP contribution < -0.4 is 5.73 Å². The Bertz CT molecular complexity index is 557. The third-order valence-corrected chi connectivity index (χ3v) is 2.95. The molecule has 4 heteroatoms. The molecule has 1 heterocycles. The zero-order valence-electron chi connectivity index (χ0n) is 10.6. The molecule has 0 spiro atoms. The number of ether oxygens (including phenoxy) is 1. The van der Waals surface area contributed by atoms with Crippen molar-refractivity contribution in [2.75, 3.05) is 6.61 Å². The second-order valence-corrected chi connectivity index (χ2v) is 4.20. The molecule has 1 aromatic heterocycles. The Morgan fingerprint density at radius 1 is 1.39 bits per heavy atom. The summed E-state index contributed by atoms with van der Waals surface area (Å²) in [5.74, 6) is -0.469. The Kier molecular flexibility index (Phi) is 3.89. The molecular formula is C14H17FN2O. The number of nitrogens with two attached hydrogens (primary N) is 1. The third kappa shape index (κ3) is 2.49. The lowest BCUT2D eigenvalue weighted by Gasteiger charge is -2.13. The molecule has 0 aliphatic heterocycles. The SMILES string of the molecule is CCOC(C)c1cc2cc(CN)ccc2nc1F. The summed E-state index contributed by atoms with van der Waals surface area (Å²) in [6.07, 6.45) is -0.298. The number of halogens is 1. The van der Waals surface area contributed by atoms with Crippen molar-refractivity contribution in [1.29, 1.82) is 0 Å². The summed E-state index contributed by atoms with van der Waals surface area (Å²) in [6, 6.07) is 7.37. The molecule has 0 bridgehead atoms. The molecule has 3 nitrogen and oxygen atoms in total. The molecule has 2 N–H and O–H groups in total. The van der Waals surface area contributed by atoms with E-state index in [0.29, 0.717) is 24.2 Å². The lowest BCUT2D eigenvalue weighted by Crippen LogP contribution is -2.04. The maximum Gasteiger partial charge on any atom is 0.219 e. The topological polar surface area (TPSA) is 48.1 Å². The molecule has 2 rings (SSSR count). The average molecular weight is 248 g/mol. The summed E-state index contributed by atoms with van der Waals surface area (Å²) in [5, 5.41) is 0.890. The summed E-state index contributed by atoms with van der Waals surface area (Å²) in [6.45, 7) is 4.71. The van der Waals surface area contributed by atoms with E-state index in [0.717, 1.165) is 10.9 Å². The minimum absolute atomic E-state index is 0.298. The molecule has 0 fully saturated rings. The number of hydrogen-bond donors (Lipinski definition) is 1. The molecule has 1 aromatic carbocycles. The lowest BCUT2D eigenvalue weighted by molar-refractivity contribution is 0.0734. The highest BCUT2D eigenvalue weighted by molar-refractivity contribution is 5.79. The lowest BCUT2D eigenvalue weighted by atomic mass is 10.1. The van der Waals surface area contributed by atoms with Gasteiger partial charge >= 0.3 is 0 Å². The largest absolute Gasteiger partial charge is 0.374 e. The van der Waals surface area contributed by atoms with Gasteiger partial charge in [-0.25, -0.2) is 4.98 Å². The number of nitrogens with zero attached hydrogens (tertiary/aromatic N) is 1. The number of aromatic nitrogens is 1. The van der Waals surface area contributed by atoms with Gasteiger partial charge in [-0.05, 0) is 37.6 Å². The molecule has 18 heavy (non-hydrogen) atoms. The van der Waals surface area contributed by atoms with Crippen LogP contribution in [-0.4, -0.2) is 11.6 Å². The van der Waals surface area contributed by atoms with Crippen molar-refractivity contribution in [2.24, 2.45) is 5.73 Å². The average Bonchev–Trinajstić information content (AvgIpc) is 2.37. The van der Waals surface area contributed by atoms with Crippen LogP contribution in [0.25, 0.3) is 10.9 Å². The first-order valence-electron chi connectivity index (χ1n) is 6.06. The van der Waals surface area contributed by atoms with Crippen molar-refractivity contribution in [3.8, 4) is 0 Å². The normalized spacial score (nSPS) is 12.9. The van der Waals surface area contributed by atoms with Crippen LogP contribution in [0.15, 0.2) is 24.3 Å². The van der Waals surface area contributed by atoms with Crippen LogP contribution in [-0.2, 0) is 11.3 Å². The first-order valence-corrected chi connectivity index (χ1v) is 6.06. The number of rotatable bonds is 4. The number of fused-ring (bicyclic) bond motifs is 1. The van der Waals surface area contributed by atoms with Crippen LogP contribution in [0.2, 0.25) is 0 Å². The maximum atomic E-state index is 13.9. The standard InChI is InChI=1S/C14H17FN2O/c1-3-18-9(2)12-7-11-6-10(8-16)4-5-13(11)17-14(12)15/h4-7,9H,3,8,16H2,1-2H3. The fraction of sp³-hybridized carbons (Fsp3) is 0.357. The predicted molar refractivity (Wildman–Crippen MR) is 69.6 cm³/mol. The highest BCUT2D eigenvalue weighted by Crippen LogP contribution is 2.24. The Morgan fingerprint density at radius 2 is 2.17 bits per heavy atom. The molecule has 1 unspecified atom stereocenters. The van der Waals surface area contributed by atoms with E-state index in [1.54, 1.807) is 12.1 Å². The zero-order chi connectivity index (χ0) is 13.1. The van der Waals surface area contributed by atoms with E-state index >= 15 is 0 Å². The van der Waals surface area contributed by atoms with Crippen LogP contribution in [0, 0.1) is 5.95 Å².